The van der Waals surface area contributed by atoms with Crippen molar-refractivity contribution in [1.82, 2.24) is 10.2 Å². The number of thiophene rings is 1. The Morgan fingerprint density at radius 3 is 2.76 bits per heavy atom. The molecule has 0 aliphatic carbocycles. The largest absolute Gasteiger partial charge is 0.390 e. The molecule has 0 radical (unpaired) electrons. The summed E-state index contributed by atoms with van der Waals surface area (Å²) in [7, 11) is 0. The number of amides is 1. The first-order valence-corrected chi connectivity index (χ1v) is 9.49. The van der Waals surface area contributed by atoms with Gasteiger partial charge in [-0.25, -0.2) is 0 Å². The fraction of sp³-hybridized carbons (Fsp3) is 0.643. The molecule has 2 rings (SSSR count). The third-order valence-electron chi connectivity index (χ3n) is 3.74. The summed E-state index contributed by atoms with van der Waals surface area (Å²) in [5, 5.41) is 12.9. The number of carbonyl (C=O) groups is 1. The van der Waals surface area contributed by atoms with E-state index in [9.17, 15) is 9.90 Å². The van der Waals surface area contributed by atoms with E-state index in [0.717, 1.165) is 26.6 Å². The topological polar surface area (TPSA) is 52.6 Å². The molecule has 0 aromatic carbocycles. The molecule has 1 atom stereocenters. The lowest BCUT2D eigenvalue weighted by molar-refractivity contribution is 0.0795. The van der Waals surface area contributed by atoms with Gasteiger partial charge in [-0.1, -0.05) is 6.92 Å². The summed E-state index contributed by atoms with van der Waals surface area (Å²) in [5.74, 6) is 0.627. The van der Waals surface area contributed by atoms with Crippen LogP contribution in [0.2, 0.25) is 0 Å². The van der Waals surface area contributed by atoms with Crippen LogP contribution < -0.4 is 5.32 Å². The van der Waals surface area contributed by atoms with E-state index < -0.39 is 6.10 Å². The van der Waals surface area contributed by atoms with Crippen molar-refractivity contribution in [2.75, 3.05) is 26.2 Å². The van der Waals surface area contributed by atoms with E-state index in [1.165, 1.54) is 24.2 Å². The molecule has 1 fully saturated rings. The molecule has 7 heteroatoms. The lowest BCUT2D eigenvalue weighted by atomic mass is 9.99. The Morgan fingerprint density at radius 2 is 2.19 bits per heavy atom. The van der Waals surface area contributed by atoms with Gasteiger partial charge in [-0.3, -0.25) is 4.79 Å². The number of likely N-dealkylation sites (tertiary alicyclic amines) is 1. The van der Waals surface area contributed by atoms with Crippen LogP contribution >= 0.6 is 43.2 Å². The Bertz CT molecular complexity index is 487. The smallest absolute Gasteiger partial charge is 0.253 e. The number of aliphatic hydroxyl groups excluding tert-OH is 1. The molecule has 0 spiro atoms. The van der Waals surface area contributed by atoms with Crippen molar-refractivity contribution < 1.29 is 9.90 Å². The number of aliphatic hydroxyl groups is 1. The van der Waals surface area contributed by atoms with Crippen LogP contribution in [0.3, 0.4) is 0 Å². The minimum Gasteiger partial charge on any atom is -0.390 e. The summed E-state index contributed by atoms with van der Waals surface area (Å²) in [5.41, 5.74) is 0.603. The molecule has 1 aromatic heterocycles. The highest BCUT2D eigenvalue weighted by atomic mass is 79.9. The van der Waals surface area contributed by atoms with Gasteiger partial charge in [0, 0.05) is 13.1 Å². The number of rotatable bonds is 5. The maximum absolute atomic E-state index is 12.0. The zero-order valence-corrected chi connectivity index (χ0v) is 15.9. The summed E-state index contributed by atoms with van der Waals surface area (Å²) in [6, 6.07) is 1.78. The SMILES string of the molecule is CC1CCN(CC(O)CNC(=O)c2cc(Br)sc2Br)CC1. The maximum atomic E-state index is 12.0. The Kier molecular flexibility index (Phi) is 6.68. The molecule has 1 aliphatic heterocycles. The van der Waals surface area contributed by atoms with E-state index in [4.69, 9.17) is 0 Å². The molecule has 21 heavy (non-hydrogen) atoms. The van der Waals surface area contributed by atoms with E-state index in [-0.39, 0.29) is 12.5 Å². The maximum Gasteiger partial charge on any atom is 0.253 e. The Balaban J connectivity index is 1.74. The van der Waals surface area contributed by atoms with Crippen molar-refractivity contribution in [1.29, 1.82) is 0 Å². The number of halogens is 2. The molecule has 1 unspecified atom stereocenters. The molecule has 1 saturated heterocycles. The van der Waals surface area contributed by atoms with E-state index in [0.29, 0.717) is 12.1 Å². The van der Waals surface area contributed by atoms with Gasteiger partial charge in [0.05, 0.1) is 19.2 Å². The van der Waals surface area contributed by atoms with Crippen molar-refractivity contribution in [3.05, 3.63) is 19.2 Å². The number of carbonyl (C=O) groups excluding carboxylic acids is 1. The summed E-state index contributed by atoms with van der Waals surface area (Å²) in [6.45, 7) is 5.25. The van der Waals surface area contributed by atoms with Gasteiger partial charge in [0.2, 0.25) is 0 Å². The number of piperidine rings is 1. The molecular formula is C14H20Br2N2O2S. The van der Waals surface area contributed by atoms with E-state index in [1.807, 2.05) is 0 Å². The quantitative estimate of drug-likeness (QED) is 0.741. The average Bonchev–Trinajstić information content (AvgIpc) is 2.78. The molecule has 4 nitrogen and oxygen atoms in total. The van der Waals surface area contributed by atoms with Crippen LogP contribution in [0.5, 0.6) is 0 Å². The first-order valence-electron chi connectivity index (χ1n) is 7.09. The second-order valence-corrected chi connectivity index (χ2v) is 9.33. The van der Waals surface area contributed by atoms with E-state index in [1.54, 1.807) is 6.07 Å². The van der Waals surface area contributed by atoms with Crippen LogP contribution in [0.1, 0.15) is 30.1 Å². The minimum absolute atomic E-state index is 0.157. The highest BCUT2D eigenvalue weighted by molar-refractivity contribution is 9.12. The van der Waals surface area contributed by atoms with Crippen molar-refractivity contribution in [3.63, 3.8) is 0 Å². The molecule has 0 bridgehead atoms. The highest BCUT2D eigenvalue weighted by Crippen LogP contribution is 2.31. The molecule has 1 aromatic rings. The number of β-amino-alcohol motifs (C(OH)–C–C–N with tert-alkyl or cyclic N) is 1. The van der Waals surface area contributed by atoms with Gasteiger partial charge in [-0.2, -0.15) is 0 Å². The average molecular weight is 440 g/mol. The standard InChI is InChI=1S/C14H20Br2N2O2S/c1-9-2-4-18(5-3-9)8-10(19)7-17-14(20)11-6-12(15)21-13(11)16/h6,9-10,19H,2-5,7-8H2,1H3,(H,17,20). The zero-order chi connectivity index (χ0) is 15.4. The molecule has 2 N–H and O–H groups in total. The number of nitrogens with zero attached hydrogens (tertiary/aromatic N) is 1. The van der Waals surface area contributed by atoms with Gasteiger partial charge in [0.1, 0.15) is 0 Å². The monoisotopic (exact) mass is 438 g/mol. The molecular weight excluding hydrogens is 420 g/mol. The summed E-state index contributed by atoms with van der Waals surface area (Å²) in [6.07, 6.45) is 1.85. The summed E-state index contributed by atoms with van der Waals surface area (Å²) >= 11 is 8.18. The fourth-order valence-corrected chi connectivity index (χ4v) is 5.20. The van der Waals surface area contributed by atoms with Gasteiger partial charge in [0.15, 0.2) is 0 Å². The lowest BCUT2D eigenvalue weighted by Crippen LogP contribution is -2.43. The second-order valence-electron chi connectivity index (χ2n) is 5.58. The van der Waals surface area contributed by atoms with Crippen LogP contribution in [0, 0.1) is 5.92 Å². The van der Waals surface area contributed by atoms with Crippen LogP contribution in [0.4, 0.5) is 0 Å². The van der Waals surface area contributed by atoms with Crippen molar-refractivity contribution in [2.24, 2.45) is 5.92 Å². The predicted molar refractivity (Wildman–Crippen MR) is 92.9 cm³/mol. The van der Waals surface area contributed by atoms with Crippen molar-refractivity contribution >= 4 is 49.1 Å². The Labute approximate surface area is 146 Å². The first kappa shape index (κ1) is 17.4. The van der Waals surface area contributed by atoms with Gasteiger partial charge in [-0.15, -0.1) is 11.3 Å². The van der Waals surface area contributed by atoms with Crippen LogP contribution in [-0.4, -0.2) is 48.2 Å². The Hall–Kier alpha value is 0.0500. The van der Waals surface area contributed by atoms with Crippen LogP contribution in [-0.2, 0) is 0 Å². The van der Waals surface area contributed by atoms with Gasteiger partial charge >= 0.3 is 0 Å². The molecule has 1 amide bonds. The van der Waals surface area contributed by atoms with Crippen molar-refractivity contribution in [3.8, 4) is 0 Å². The highest BCUT2D eigenvalue weighted by Gasteiger charge is 2.19. The number of nitrogens with one attached hydrogen (secondary N) is 1. The van der Waals surface area contributed by atoms with Crippen molar-refractivity contribution in [2.45, 2.75) is 25.9 Å². The van der Waals surface area contributed by atoms with E-state index in [2.05, 4.69) is 49.0 Å². The lowest BCUT2D eigenvalue weighted by Gasteiger charge is -2.31. The summed E-state index contributed by atoms with van der Waals surface area (Å²) in [4.78, 5) is 14.3. The second kappa shape index (κ2) is 8.06. The van der Waals surface area contributed by atoms with Gasteiger partial charge in [0.25, 0.3) is 5.91 Å². The minimum atomic E-state index is -0.525. The molecule has 2 heterocycles. The van der Waals surface area contributed by atoms with Crippen LogP contribution in [0.25, 0.3) is 0 Å². The normalized spacial score (nSPS) is 18.7. The third kappa shape index (κ3) is 5.32. The first-order chi connectivity index (χ1) is 9.95. The number of hydrogen-bond donors (Lipinski definition) is 2. The van der Waals surface area contributed by atoms with E-state index >= 15 is 0 Å². The Morgan fingerprint density at radius 1 is 1.52 bits per heavy atom. The van der Waals surface area contributed by atoms with Gasteiger partial charge < -0.3 is 15.3 Å². The zero-order valence-electron chi connectivity index (χ0n) is 11.9. The van der Waals surface area contributed by atoms with Gasteiger partial charge in [-0.05, 0) is 69.8 Å². The number of hydrogen-bond acceptors (Lipinski definition) is 4. The van der Waals surface area contributed by atoms with Crippen LogP contribution in [0.15, 0.2) is 13.6 Å². The molecule has 1 aliphatic rings. The third-order valence-corrected chi connectivity index (χ3v) is 6.08. The summed E-state index contributed by atoms with van der Waals surface area (Å²) < 4.78 is 1.70. The fourth-order valence-electron chi connectivity index (χ4n) is 2.41. The predicted octanol–water partition coefficient (Wildman–Crippen LogP) is 3.10. The molecule has 0 saturated carbocycles. The molecule has 118 valence electrons.